The topological polar surface area (TPSA) is 17.1 Å². The molecule has 0 unspecified atom stereocenters. The van der Waals surface area contributed by atoms with Gasteiger partial charge in [0.15, 0.2) is 0 Å². The lowest BCUT2D eigenvalue weighted by atomic mass is 9.77. The zero-order chi connectivity index (χ0) is 8.65. The van der Waals surface area contributed by atoms with Gasteiger partial charge in [-0.05, 0) is 11.3 Å². The summed E-state index contributed by atoms with van der Waals surface area (Å²) >= 11 is 0. The van der Waals surface area contributed by atoms with Gasteiger partial charge in [0.05, 0.1) is 15.7 Å². The predicted octanol–water partition coefficient (Wildman–Crippen LogP) is 0.636. The Kier molecular flexibility index (Phi) is 2.00. The molecule has 0 amide bonds. The fourth-order valence-electron chi connectivity index (χ4n) is 1.50. The van der Waals surface area contributed by atoms with E-state index in [1.165, 1.54) is 0 Å². The first-order valence-corrected chi connectivity index (χ1v) is 3.68. The van der Waals surface area contributed by atoms with Gasteiger partial charge >= 0.3 is 0 Å². The van der Waals surface area contributed by atoms with Crippen molar-refractivity contribution in [1.29, 1.82) is 0 Å². The third-order valence-electron chi connectivity index (χ3n) is 2.51. The minimum Gasteiger partial charge on any atom is -0.303 e. The maximum atomic E-state index is 10.5. The summed E-state index contributed by atoms with van der Waals surface area (Å²) in [5.74, 6) is 0.342. The van der Waals surface area contributed by atoms with E-state index in [0.29, 0.717) is 5.37 Å². The summed E-state index contributed by atoms with van der Waals surface area (Å²) in [4.78, 5) is 10.5. The van der Waals surface area contributed by atoms with Crippen molar-refractivity contribution in [3.63, 3.8) is 0 Å². The van der Waals surface area contributed by atoms with Gasteiger partial charge in [-0.1, -0.05) is 13.8 Å². The molecule has 0 aromatic heterocycles. The molecule has 0 N–H and O–H groups in total. The largest absolute Gasteiger partial charge is 0.303 e. The third-order valence-corrected chi connectivity index (χ3v) is 2.51. The summed E-state index contributed by atoms with van der Waals surface area (Å²) in [6.07, 6.45) is 2.74. The molecule has 1 aliphatic carbocycles. The molecule has 0 aliphatic heterocycles. The highest BCUT2D eigenvalue weighted by Gasteiger charge is 2.55. The second kappa shape index (κ2) is 2.54. The van der Waals surface area contributed by atoms with Crippen LogP contribution in [0.4, 0.5) is 0 Å². The molecule has 4 radical (unpaired) electrons. The summed E-state index contributed by atoms with van der Waals surface area (Å²) in [6, 6.07) is 0. The molecule has 1 fully saturated rings. The number of hydrogen-bond acceptors (Lipinski definition) is 1. The first-order valence-electron chi connectivity index (χ1n) is 3.68. The molecule has 0 bridgehead atoms. The van der Waals surface area contributed by atoms with E-state index in [2.05, 4.69) is 0 Å². The number of hydrogen-bond donors (Lipinski definition) is 0. The van der Waals surface area contributed by atoms with Crippen molar-refractivity contribution in [1.82, 2.24) is 0 Å². The molecule has 0 spiro atoms. The van der Waals surface area contributed by atoms with Crippen molar-refractivity contribution >= 4 is 22.0 Å². The summed E-state index contributed by atoms with van der Waals surface area (Å²) in [5.41, 5.74) is 0.0613. The molecule has 1 nitrogen and oxygen atoms in total. The SMILES string of the molecule is [B]C([B])=C[C@H]1[C@@H](C=O)C1(C)C. The first kappa shape index (κ1) is 8.63. The van der Waals surface area contributed by atoms with E-state index in [0.717, 1.165) is 6.29 Å². The Bertz CT molecular complexity index is 204. The van der Waals surface area contributed by atoms with Crippen LogP contribution in [0, 0.1) is 17.3 Å². The van der Waals surface area contributed by atoms with Crippen LogP contribution in [-0.2, 0) is 4.79 Å². The van der Waals surface area contributed by atoms with Gasteiger partial charge in [0, 0.05) is 5.92 Å². The van der Waals surface area contributed by atoms with Gasteiger partial charge in [-0.25, -0.2) is 0 Å². The van der Waals surface area contributed by atoms with E-state index in [4.69, 9.17) is 15.7 Å². The first-order chi connectivity index (χ1) is 5.00. The van der Waals surface area contributed by atoms with Crippen molar-refractivity contribution in [2.24, 2.45) is 17.3 Å². The maximum Gasteiger partial charge on any atom is 0.124 e. The molecule has 0 heterocycles. The van der Waals surface area contributed by atoms with E-state index in [1.54, 1.807) is 6.08 Å². The Morgan fingerprint density at radius 3 is 2.18 bits per heavy atom. The fraction of sp³-hybridized carbons (Fsp3) is 0.625. The average Bonchev–Trinajstić information content (AvgIpc) is 2.33. The summed E-state index contributed by atoms with van der Waals surface area (Å²) in [5, 5.41) is 0.312. The zero-order valence-electron chi connectivity index (χ0n) is 6.87. The van der Waals surface area contributed by atoms with E-state index in [1.807, 2.05) is 13.8 Å². The van der Waals surface area contributed by atoms with Gasteiger partial charge in [0.2, 0.25) is 0 Å². The van der Waals surface area contributed by atoms with Crippen molar-refractivity contribution in [3.8, 4) is 0 Å². The van der Waals surface area contributed by atoms with E-state index >= 15 is 0 Å². The minimum absolute atomic E-state index is 0.0613. The number of carbonyl (C=O) groups excluding carboxylic acids is 1. The second-order valence-corrected chi connectivity index (χ2v) is 3.68. The highest BCUT2D eigenvalue weighted by atomic mass is 16.1. The molecule has 1 rings (SSSR count). The highest BCUT2D eigenvalue weighted by molar-refractivity contribution is 6.48. The van der Waals surface area contributed by atoms with Crippen LogP contribution in [0.5, 0.6) is 0 Å². The minimum atomic E-state index is 0.0613. The van der Waals surface area contributed by atoms with Crippen LogP contribution in [0.2, 0.25) is 0 Å². The van der Waals surface area contributed by atoms with Crippen molar-refractivity contribution in [2.45, 2.75) is 13.8 Å². The summed E-state index contributed by atoms with van der Waals surface area (Å²) in [6.45, 7) is 4.08. The Balaban J connectivity index is 2.67. The summed E-state index contributed by atoms with van der Waals surface area (Å²) < 4.78 is 0. The lowest BCUT2D eigenvalue weighted by Crippen LogP contribution is -1.90. The molecule has 2 atom stereocenters. The van der Waals surface area contributed by atoms with Gasteiger partial charge in [0.1, 0.15) is 6.29 Å². The molecule has 0 aromatic rings. The maximum absolute atomic E-state index is 10.5. The number of carbonyl (C=O) groups is 1. The molecular weight excluding hydrogens is 134 g/mol. The smallest absolute Gasteiger partial charge is 0.124 e. The van der Waals surface area contributed by atoms with Crippen LogP contribution >= 0.6 is 0 Å². The van der Waals surface area contributed by atoms with Crippen molar-refractivity contribution < 1.29 is 4.79 Å². The molecule has 1 aliphatic rings. The predicted molar refractivity (Wildman–Crippen MR) is 46.4 cm³/mol. The molecule has 3 heteroatoms. The van der Waals surface area contributed by atoms with Gasteiger partial charge in [0.25, 0.3) is 0 Å². The molecule has 1 saturated carbocycles. The Morgan fingerprint density at radius 2 is 1.91 bits per heavy atom. The fourth-order valence-corrected chi connectivity index (χ4v) is 1.50. The molecule has 54 valence electrons. The van der Waals surface area contributed by atoms with Crippen LogP contribution in [-0.4, -0.2) is 22.0 Å². The summed E-state index contributed by atoms with van der Waals surface area (Å²) in [7, 11) is 10.6. The molecule has 0 saturated heterocycles. The Labute approximate surface area is 70.1 Å². The monoisotopic (exact) mass is 144 g/mol. The van der Waals surface area contributed by atoms with Crippen molar-refractivity contribution in [3.05, 3.63) is 11.4 Å². The molecule has 11 heavy (non-hydrogen) atoms. The molecule has 0 aromatic carbocycles. The highest BCUT2D eigenvalue weighted by Crippen LogP contribution is 2.57. The van der Waals surface area contributed by atoms with Crippen molar-refractivity contribution in [2.75, 3.05) is 0 Å². The number of aldehydes is 1. The van der Waals surface area contributed by atoms with Gasteiger partial charge in [-0.3, -0.25) is 0 Å². The number of allylic oxidation sites excluding steroid dienone is 1. The van der Waals surface area contributed by atoms with Crippen LogP contribution in [0.1, 0.15) is 13.8 Å². The van der Waals surface area contributed by atoms with E-state index < -0.39 is 0 Å². The van der Waals surface area contributed by atoms with Gasteiger partial charge < -0.3 is 4.79 Å². The van der Waals surface area contributed by atoms with Gasteiger partial charge in [-0.15, -0.1) is 6.08 Å². The Hall–Kier alpha value is -0.460. The normalized spacial score (nSPS) is 32.5. The third kappa shape index (κ3) is 1.42. The number of rotatable bonds is 2. The van der Waals surface area contributed by atoms with Crippen LogP contribution in [0.3, 0.4) is 0 Å². The van der Waals surface area contributed by atoms with Crippen LogP contribution < -0.4 is 0 Å². The standard InChI is InChI=1S/C8H10B2O/c1-8(2)5(3-7(9)10)6(8)4-11/h3-6H,1-2H3/t5-,6+/m0/s1. The quantitative estimate of drug-likeness (QED) is 0.410. The van der Waals surface area contributed by atoms with Crippen LogP contribution in [0.15, 0.2) is 11.4 Å². The van der Waals surface area contributed by atoms with E-state index in [9.17, 15) is 4.79 Å². The second-order valence-electron chi connectivity index (χ2n) is 3.68. The zero-order valence-corrected chi connectivity index (χ0v) is 6.87. The van der Waals surface area contributed by atoms with Crippen LogP contribution in [0.25, 0.3) is 0 Å². The lowest BCUT2D eigenvalue weighted by Gasteiger charge is -1.96. The van der Waals surface area contributed by atoms with E-state index in [-0.39, 0.29) is 17.3 Å². The average molecular weight is 144 g/mol. The van der Waals surface area contributed by atoms with Gasteiger partial charge in [-0.2, -0.15) is 5.37 Å². The molecular formula is C8H10B2O. The Morgan fingerprint density at radius 1 is 1.36 bits per heavy atom. The lowest BCUT2D eigenvalue weighted by molar-refractivity contribution is -0.109.